The second-order valence-corrected chi connectivity index (χ2v) is 5.05. The van der Waals surface area contributed by atoms with Crippen LogP contribution in [0.2, 0.25) is 0 Å². The highest BCUT2D eigenvalue weighted by molar-refractivity contribution is 9.10. The number of carbonyl (C=O) groups excluding carboxylic acids is 2. The largest absolute Gasteiger partial charge is 0.488 e. The molecule has 1 heterocycles. The third kappa shape index (κ3) is 3.48. The number of carbonyl (C=O) groups is 2. The van der Waals surface area contributed by atoms with Gasteiger partial charge in [-0.2, -0.15) is 0 Å². The van der Waals surface area contributed by atoms with Crippen LogP contribution in [0.5, 0.6) is 5.75 Å². The van der Waals surface area contributed by atoms with Gasteiger partial charge in [0.25, 0.3) is 0 Å². The molecule has 0 saturated heterocycles. The number of rotatable bonds is 5. The van der Waals surface area contributed by atoms with Gasteiger partial charge in [0.05, 0.1) is 30.5 Å². The van der Waals surface area contributed by atoms with Gasteiger partial charge in [-0.25, -0.2) is 9.59 Å². The van der Waals surface area contributed by atoms with E-state index in [4.69, 9.17) is 9.15 Å². The number of esters is 2. The zero-order valence-electron chi connectivity index (χ0n) is 11.9. The predicted octanol–water partition coefficient (Wildman–Crippen LogP) is 3.19. The molecule has 0 N–H and O–H groups in total. The number of furan rings is 1. The van der Waals surface area contributed by atoms with Crippen molar-refractivity contribution in [3.05, 3.63) is 51.9 Å². The van der Waals surface area contributed by atoms with Crippen LogP contribution >= 0.6 is 15.9 Å². The smallest absolute Gasteiger partial charge is 0.374 e. The quantitative estimate of drug-likeness (QED) is 0.754. The van der Waals surface area contributed by atoms with Crippen molar-refractivity contribution in [3.8, 4) is 5.75 Å². The summed E-state index contributed by atoms with van der Waals surface area (Å²) in [5, 5.41) is 0. The van der Waals surface area contributed by atoms with E-state index in [1.165, 1.54) is 20.5 Å². The Bertz CT molecular complexity index is 691. The van der Waals surface area contributed by atoms with Crippen LogP contribution in [-0.4, -0.2) is 26.2 Å². The molecule has 7 heteroatoms. The zero-order chi connectivity index (χ0) is 16.1. The van der Waals surface area contributed by atoms with Gasteiger partial charge in [-0.1, -0.05) is 0 Å². The summed E-state index contributed by atoms with van der Waals surface area (Å²) in [5.41, 5.74) is 0.969. The van der Waals surface area contributed by atoms with Crippen molar-refractivity contribution in [2.24, 2.45) is 0 Å². The predicted molar refractivity (Wildman–Crippen MR) is 79.9 cm³/mol. The van der Waals surface area contributed by atoms with Crippen molar-refractivity contribution in [2.45, 2.75) is 6.61 Å². The highest BCUT2D eigenvalue weighted by atomic mass is 79.9. The van der Waals surface area contributed by atoms with Crippen molar-refractivity contribution in [2.75, 3.05) is 14.2 Å². The number of hydrogen-bond donors (Lipinski definition) is 0. The number of hydrogen-bond acceptors (Lipinski definition) is 6. The Morgan fingerprint density at radius 3 is 2.50 bits per heavy atom. The maximum Gasteiger partial charge on any atom is 0.374 e. The highest BCUT2D eigenvalue weighted by Gasteiger charge is 2.17. The summed E-state index contributed by atoms with van der Waals surface area (Å²) in [5.74, 6) is -0.381. The molecule has 6 nitrogen and oxygen atoms in total. The molecule has 2 rings (SSSR count). The average Bonchev–Trinajstić information content (AvgIpc) is 3.00. The molecule has 0 radical (unpaired) electrons. The van der Waals surface area contributed by atoms with Gasteiger partial charge in [0.2, 0.25) is 5.76 Å². The molecular formula is C15H13BrO6. The lowest BCUT2D eigenvalue weighted by atomic mass is 10.2. The summed E-state index contributed by atoms with van der Waals surface area (Å²) in [4.78, 5) is 22.9. The summed E-state index contributed by atoms with van der Waals surface area (Å²) in [6, 6.07) is 6.44. The highest BCUT2D eigenvalue weighted by Crippen LogP contribution is 2.27. The van der Waals surface area contributed by atoms with Crippen molar-refractivity contribution in [3.63, 3.8) is 0 Å². The first kappa shape index (κ1) is 16.1. The Hall–Kier alpha value is -2.28. The summed E-state index contributed by atoms with van der Waals surface area (Å²) < 4.78 is 20.5. The molecule has 0 aliphatic heterocycles. The Morgan fingerprint density at radius 1 is 1.14 bits per heavy atom. The van der Waals surface area contributed by atoms with Crippen LogP contribution < -0.4 is 4.74 Å². The number of halogens is 1. The van der Waals surface area contributed by atoms with Crippen LogP contribution in [-0.2, 0) is 16.1 Å². The SMILES string of the molecule is COC(=O)c1ccc(OCc2ccoc2C(=O)OC)c(Br)c1. The van der Waals surface area contributed by atoms with Gasteiger partial charge < -0.3 is 18.6 Å². The molecule has 2 aromatic rings. The van der Waals surface area contributed by atoms with Gasteiger partial charge >= 0.3 is 11.9 Å². The van der Waals surface area contributed by atoms with Crippen LogP contribution in [0.15, 0.2) is 39.4 Å². The molecule has 0 fully saturated rings. The van der Waals surface area contributed by atoms with Crippen molar-refractivity contribution in [1.29, 1.82) is 0 Å². The minimum Gasteiger partial charge on any atom is -0.488 e. The lowest BCUT2D eigenvalue weighted by molar-refractivity contribution is 0.0559. The lowest BCUT2D eigenvalue weighted by Crippen LogP contribution is -2.06. The number of ether oxygens (including phenoxy) is 3. The molecule has 0 atom stereocenters. The minimum absolute atomic E-state index is 0.102. The molecule has 0 amide bonds. The normalized spacial score (nSPS) is 10.1. The van der Waals surface area contributed by atoms with Gasteiger partial charge in [-0.3, -0.25) is 0 Å². The summed E-state index contributed by atoms with van der Waals surface area (Å²) in [7, 11) is 2.59. The Morgan fingerprint density at radius 2 is 1.86 bits per heavy atom. The van der Waals surface area contributed by atoms with E-state index in [9.17, 15) is 9.59 Å². The third-order valence-electron chi connectivity index (χ3n) is 2.85. The van der Waals surface area contributed by atoms with E-state index in [2.05, 4.69) is 25.4 Å². The Kier molecular flexibility index (Phi) is 5.21. The van der Waals surface area contributed by atoms with Crippen molar-refractivity contribution in [1.82, 2.24) is 0 Å². The molecule has 1 aromatic heterocycles. The molecule has 0 aliphatic carbocycles. The monoisotopic (exact) mass is 368 g/mol. The van der Waals surface area contributed by atoms with Gasteiger partial charge in [0, 0.05) is 5.56 Å². The topological polar surface area (TPSA) is 75.0 Å². The van der Waals surface area contributed by atoms with Crippen LogP contribution in [0.3, 0.4) is 0 Å². The molecule has 0 spiro atoms. The number of benzene rings is 1. The number of methoxy groups -OCH3 is 2. The molecule has 0 bridgehead atoms. The van der Waals surface area contributed by atoms with Crippen LogP contribution in [0.4, 0.5) is 0 Å². The summed E-state index contributed by atoms with van der Waals surface area (Å²) in [6.45, 7) is 0.122. The second kappa shape index (κ2) is 7.13. The fourth-order valence-electron chi connectivity index (χ4n) is 1.74. The van der Waals surface area contributed by atoms with Gasteiger partial charge in [0.1, 0.15) is 12.4 Å². The van der Waals surface area contributed by atoms with Crippen LogP contribution in [0, 0.1) is 0 Å². The Balaban J connectivity index is 2.11. The van der Waals surface area contributed by atoms with Crippen LogP contribution in [0.1, 0.15) is 26.5 Å². The second-order valence-electron chi connectivity index (χ2n) is 4.19. The molecule has 22 heavy (non-hydrogen) atoms. The van der Waals surface area contributed by atoms with E-state index < -0.39 is 11.9 Å². The average molecular weight is 369 g/mol. The van der Waals surface area contributed by atoms with Crippen molar-refractivity contribution >= 4 is 27.9 Å². The molecule has 0 aliphatic rings. The first-order chi connectivity index (χ1) is 10.6. The summed E-state index contributed by atoms with van der Waals surface area (Å²) in [6.07, 6.45) is 1.39. The first-order valence-corrected chi connectivity index (χ1v) is 7.01. The standard InChI is InChI=1S/C15H13BrO6/c1-19-14(17)9-3-4-12(11(16)7-9)22-8-10-5-6-21-13(10)15(18)20-2/h3-7H,8H2,1-2H3. The fraction of sp³-hybridized carbons (Fsp3) is 0.200. The maximum atomic E-state index is 11.5. The summed E-state index contributed by atoms with van der Waals surface area (Å²) >= 11 is 3.32. The molecule has 0 saturated carbocycles. The lowest BCUT2D eigenvalue weighted by Gasteiger charge is -2.09. The van der Waals surface area contributed by atoms with E-state index >= 15 is 0 Å². The van der Waals surface area contributed by atoms with E-state index in [0.717, 1.165) is 0 Å². The van der Waals surface area contributed by atoms with E-state index in [-0.39, 0.29) is 12.4 Å². The van der Waals surface area contributed by atoms with E-state index in [1.54, 1.807) is 24.3 Å². The van der Waals surface area contributed by atoms with E-state index in [1.807, 2.05) is 0 Å². The van der Waals surface area contributed by atoms with Crippen LogP contribution in [0.25, 0.3) is 0 Å². The molecular weight excluding hydrogens is 356 g/mol. The third-order valence-corrected chi connectivity index (χ3v) is 3.47. The van der Waals surface area contributed by atoms with Crippen molar-refractivity contribution < 1.29 is 28.2 Å². The molecule has 116 valence electrons. The minimum atomic E-state index is -0.566. The molecule has 0 unspecified atom stereocenters. The molecule has 1 aromatic carbocycles. The first-order valence-electron chi connectivity index (χ1n) is 6.22. The zero-order valence-corrected chi connectivity index (χ0v) is 13.5. The Labute approximate surface area is 135 Å². The van der Waals surface area contributed by atoms with Gasteiger partial charge in [-0.05, 0) is 40.2 Å². The van der Waals surface area contributed by atoms with Gasteiger partial charge in [-0.15, -0.1) is 0 Å². The maximum absolute atomic E-state index is 11.5. The van der Waals surface area contributed by atoms with Gasteiger partial charge in [0.15, 0.2) is 0 Å². The fourth-order valence-corrected chi connectivity index (χ4v) is 2.23. The van der Waals surface area contributed by atoms with E-state index in [0.29, 0.717) is 21.3 Å².